The van der Waals surface area contributed by atoms with E-state index in [0.29, 0.717) is 34.1 Å². The van der Waals surface area contributed by atoms with Gasteiger partial charge in [0, 0.05) is 43.6 Å². The van der Waals surface area contributed by atoms with Gasteiger partial charge in [-0.2, -0.15) is 0 Å². The number of aromatic nitrogens is 2. The van der Waals surface area contributed by atoms with E-state index in [2.05, 4.69) is 60.2 Å². The number of nitrogens with one attached hydrogen (secondary N) is 1. The number of benzene rings is 2. The summed E-state index contributed by atoms with van der Waals surface area (Å²) in [5, 5.41) is 4.00. The SMILES string of the molecule is CC(C)CNC(=O)c1cccc(CSc2nc(Cl)cc(N(CCN(C)C)Cc3ccccc3)n2)c1. The highest BCUT2D eigenvalue weighted by molar-refractivity contribution is 7.98. The first-order valence-corrected chi connectivity index (χ1v) is 13.1. The number of amides is 1. The Balaban J connectivity index is 1.73. The Morgan fingerprint density at radius 3 is 2.46 bits per heavy atom. The predicted octanol–water partition coefficient (Wildman–Crippen LogP) is 5.38. The average Bonchev–Trinajstić information content (AvgIpc) is 2.84. The molecule has 6 nitrogen and oxygen atoms in total. The third kappa shape index (κ3) is 9.17. The summed E-state index contributed by atoms with van der Waals surface area (Å²) >= 11 is 7.93. The van der Waals surface area contributed by atoms with Gasteiger partial charge in [-0.05, 0) is 43.3 Å². The van der Waals surface area contributed by atoms with Crippen molar-refractivity contribution in [3.05, 3.63) is 82.5 Å². The maximum absolute atomic E-state index is 12.4. The summed E-state index contributed by atoms with van der Waals surface area (Å²) in [7, 11) is 4.12. The summed E-state index contributed by atoms with van der Waals surface area (Å²) in [4.78, 5) is 26.1. The molecule has 0 radical (unpaired) electrons. The number of rotatable bonds is 12. The summed E-state index contributed by atoms with van der Waals surface area (Å²) in [6.07, 6.45) is 0. The smallest absolute Gasteiger partial charge is 0.251 e. The number of likely N-dealkylation sites (N-methyl/N-ethyl adjacent to an activating group) is 1. The van der Waals surface area contributed by atoms with Gasteiger partial charge in [-0.15, -0.1) is 0 Å². The molecule has 0 saturated heterocycles. The van der Waals surface area contributed by atoms with Gasteiger partial charge in [-0.25, -0.2) is 9.97 Å². The van der Waals surface area contributed by atoms with Crippen molar-refractivity contribution < 1.29 is 4.79 Å². The lowest BCUT2D eigenvalue weighted by Crippen LogP contribution is -2.32. The van der Waals surface area contributed by atoms with Crippen LogP contribution in [0, 0.1) is 5.92 Å². The quantitative estimate of drug-likeness (QED) is 0.200. The maximum Gasteiger partial charge on any atom is 0.251 e. The molecule has 0 aliphatic carbocycles. The van der Waals surface area contributed by atoms with Crippen molar-refractivity contribution in [1.82, 2.24) is 20.2 Å². The zero-order valence-electron chi connectivity index (χ0n) is 20.9. The number of halogens is 1. The third-order valence-electron chi connectivity index (χ3n) is 5.25. The van der Waals surface area contributed by atoms with Gasteiger partial charge < -0.3 is 15.1 Å². The minimum Gasteiger partial charge on any atom is -0.352 e. The van der Waals surface area contributed by atoms with Crippen LogP contribution in [0.4, 0.5) is 5.82 Å². The largest absolute Gasteiger partial charge is 0.352 e. The number of nitrogens with zero attached hydrogens (tertiary/aromatic N) is 4. The van der Waals surface area contributed by atoms with E-state index in [4.69, 9.17) is 16.6 Å². The Hall–Kier alpha value is -2.61. The number of hydrogen-bond donors (Lipinski definition) is 1. The number of anilines is 1. The van der Waals surface area contributed by atoms with Crippen LogP contribution in [-0.2, 0) is 12.3 Å². The van der Waals surface area contributed by atoms with Crippen molar-refractivity contribution >= 4 is 35.1 Å². The van der Waals surface area contributed by atoms with E-state index in [1.807, 2.05) is 48.5 Å². The van der Waals surface area contributed by atoms with E-state index in [9.17, 15) is 4.79 Å². The van der Waals surface area contributed by atoms with E-state index < -0.39 is 0 Å². The number of carbonyl (C=O) groups is 1. The zero-order valence-corrected chi connectivity index (χ0v) is 22.4. The molecule has 1 aromatic heterocycles. The molecule has 0 atom stereocenters. The molecular formula is C27H34ClN5OS. The molecule has 35 heavy (non-hydrogen) atoms. The first-order valence-electron chi connectivity index (χ1n) is 11.8. The van der Waals surface area contributed by atoms with Crippen molar-refractivity contribution in [3.63, 3.8) is 0 Å². The van der Waals surface area contributed by atoms with Crippen molar-refractivity contribution in [2.45, 2.75) is 31.3 Å². The molecule has 0 fully saturated rings. The molecule has 1 N–H and O–H groups in total. The molecule has 0 bridgehead atoms. The monoisotopic (exact) mass is 511 g/mol. The highest BCUT2D eigenvalue weighted by Gasteiger charge is 2.14. The van der Waals surface area contributed by atoms with E-state index in [0.717, 1.165) is 31.0 Å². The molecule has 0 spiro atoms. The zero-order chi connectivity index (χ0) is 25.2. The Kier molecular flexibility index (Phi) is 10.4. The molecule has 1 amide bonds. The lowest BCUT2D eigenvalue weighted by Gasteiger charge is -2.26. The van der Waals surface area contributed by atoms with Gasteiger partial charge in [-0.1, -0.05) is 79.7 Å². The standard InChI is InChI=1S/C27H34ClN5OS/c1-20(2)17-29-26(34)23-12-8-11-22(15-23)19-35-27-30-24(28)16-25(31-27)33(14-13-32(3)4)18-21-9-6-5-7-10-21/h5-12,15-16,20H,13-14,17-19H2,1-4H3,(H,29,34). The number of carbonyl (C=O) groups excluding carboxylic acids is 1. The highest BCUT2D eigenvalue weighted by Crippen LogP contribution is 2.26. The molecule has 0 unspecified atom stereocenters. The highest BCUT2D eigenvalue weighted by atomic mass is 35.5. The molecule has 3 aromatic rings. The fourth-order valence-electron chi connectivity index (χ4n) is 3.36. The second-order valence-corrected chi connectivity index (χ2v) is 10.5. The summed E-state index contributed by atoms with van der Waals surface area (Å²) in [5.74, 6) is 1.80. The van der Waals surface area contributed by atoms with Gasteiger partial charge in [-0.3, -0.25) is 4.79 Å². The molecule has 2 aromatic carbocycles. The topological polar surface area (TPSA) is 61.4 Å². The maximum atomic E-state index is 12.4. The Bertz CT molecular complexity index is 1090. The third-order valence-corrected chi connectivity index (χ3v) is 6.36. The Morgan fingerprint density at radius 1 is 1.00 bits per heavy atom. The summed E-state index contributed by atoms with van der Waals surface area (Å²) < 4.78 is 0. The molecule has 0 saturated carbocycles. The van der Waals surface area contributed by atoms with Crippen LogP contribution in [0.1, 0.15) is 35.3 Å². The fraction of sp³-hybridized carbons (Fsp3) is 0.370. The van der Waals surface area contributed by atoms with Gasteiger partial charge in [0.15, 0.2) is 5.16 Å². The fourth-order valence-corrected chi connectivity index (χ4v) is 4.38. The van der Waals surface area contributed by atoms with Gasteiger partial charge in [0.25, 0.3) is 5.91 Å². The van der Waals surface area contributed by atoms with Crippen LogP contribution >= 0.6 is 23.4 Å². The second-order valence-electron chi connectivity index (χ2n) is 9.13. The number of hydrogen-bond acceptors (Lipinski definition) is 6. The van der Waals surface area contributed by atoms with Crippen molar-refractivity contribution in [2.24, 2.45) is 5.92 Å². The normalized spacial score (nSPS) is 11.2. The summed E-state index contributed by atoms with van der Waals surface area (Å²) in [5.41, 5.74) is 2.91. The van der Waals surface area contributed by atoms with Crippen LogP contribution in [0.2, 0.25) is 5.15 Å². The van der Waals surface area contributed by atoms with Crippen LogP contribution < -0.4 is 10.2 Å². The molecule has 8 heteroatoms. The number of thioether (sulfide) groups is 1. The van der Waals surface area contributed by atoms with E-state index in [1.165, 1.54) is 17.3 Å². The van der Waals surface area contributed by atoms with Crippen LogP contribution in [-0.4, -0.2) is 54.5 Å². The molecular weight excluding hydrogens is 478 g/mol. The van der Waals surface area contributed by atoms with Crippen LogP contribution in [0.3, 0.4) is 0 Å². The summed E-state index contributed by atoms with van der Waals surface area (Å²) in [6, 6.07) is 19.9. The lowest BCUT2D eigenvalue weighted by molar-refractivity contribution is 0.0949. The minimum absolute atomic E-state index is 0.0516. The minimum atomic E-state index is -0.0516. The first-order chi connectivity index (χ1) is 16.8. The van der Waals surface area contributed by atoms with Crippen molar-refractivity contribution in [2.75, 3.05) is 38.6 Å². The second kappa shape index (κ2) is 13.5. The Morgan fingerprint density at radius 2 is 1.74 bits per heavy atom. The first kappa shape index (κ1) is 27.0. The predicted molar refractivity (Wildman–Crippen MR) is 146 cm³/mol. The van der Waals surface area contributed by atoms with Crippen LogP contribution in [0.15, 0.2) is 65.8 Å². The molecule has 0 aliphatic rings. The Labute approximate surface area is 218 Å². The van der Waals surface area contributed by atoms with Gasteiger partial charge in [0.05, 0.1) is 0 Å². The van der Waals surface area contributed by atoms with E-state index >= 15 is 0 Å². The van der Waals surface area contributed by atoms with E-state index in [-0.39, 0.29) is 5.91 Å². The molecule has 3 rings (SSSR count). The van der Waals surface area contributed by atoms with E-state index in [1.54, 1.807) is 0 Å². The average molecular weight is 512 g/mol. The van der Waals surface area contributed by atoms with Gasteiger partial charge >= 0.3 is 0 Å². The van der Waals surface area contributed by atoms with Crippen LogP contribution in [0.25, 0.3) is 0 Å². The van der Waals surface area contributed by atoms with Gasteiger partial charge in [0.1, 0.15) is 11.0 Å². The molecule has 1 heterocycles. The van der Waals surface area contributed by atoms with Gasteiger partial charge in [0.2, 0.25) is 0 Å². The van der Waals surface area contributed by atoms with Crippen molar-refractivity contribution in [1.29, 1.82) is 0 Å². The van der Waals surface area contributed by atoms with Crippen LogP contribution in [0.5, 0.6) is 0 Å². The van der Waals surface area contributed by atoms with Crippen molar-refractivity contribution in [3.8, 4) is 0 Å². The summed E-state index contributed by atoms with van der Waals surface area (Å²) in [6.45, 7) is 7.25. The molecule has 186 valence electrons. The molecule has 0 aliphatic heterocycles. The lowest BCUT2D eigenvalue weighted by atomic mass is 10.1.